The van der Waals surface area contributed by atoms with Gasteiger partial charge >= 0.3 is 12.1 Å². The van der Waals surface area contributed by atoms with E-state index in [0.29, 0.717) is 5.57 Å². The molecule has 2 aromatic carbocycles. The van der Waals surface area contributed by atoms with E-state index >= 15 is 0 Å². The highest BCUT2D eigenvalue weighted by molar-refractivity contribution is 5.89. The summed E-state index contributed by atoms with van der Waals surface area (Å²) in [4.78, 5) is 11.2. The smallest absolute Gasteiger partial charge is 0.342 e. The number of rotatable bonds is 4. The van der Waals surface area contributed by atoms with E-state index in [-0.39, 0.29) is 0 Å². The first kappa shape index (κ1) is 16.8. The monoisotopic (exact) mass is 319 g/mol. The zero-order chi connectivity index (χ0) is 16.9. The van der Waals surface area contributed by atoms with Gasteiger partial charge in [0.1, 0.15) is 0 Å². The summed E-state index contributed by atoms with van der Waals surface area (Å²) in [7, 11) is 0. The Bertz CT molecular complexity index is 678. The molecule has 0 aliphatic rings. The molecule has 0 saturated heterocycles. The summed E-state index contributed by atoms with van der Waals surface area (Å²) < 4.78 is 37.4. The zero-order valence-corrected chi connectivity index (χ0v) is 12.5. The molecule has 0 bridgehead atoms. The van der Waals surface area contributed by atoms with Crippen molar-refractivity contribution >= 4 is 17.6 Å². The third-order valence-corrected chi connectivity index (χ3v) is 3.30. The molecule has 0 fully saturated rings. The van der Waals surface area contributed by atoms with Gasteiger partial charge in [0.15, 0.2) is 0 Å². The van der Waals surface area contributed by atoms with Crippen molar-refractivity contribution in [1.29, 1.82) is 0 Å². The lowest BCUT2D eigenvalue weighted by molar-refractivity contribution is -0.173. The van der Waals surface area contributed by atoms with Crippen molar-refractivity contribution in [3.8, 4) is 0 Å². The van der Waals surface area contributed by atoms with Crippen LogP contribution in [0.25, 0.3) is 11.6 Å². The SMILES string of the molecule is C[C@@H](NC(=O)C(F)(F)F)/C(=C/c1ccccc1)c1ccccc1. The maximum Gasteiger partial charge on any atom is 0.471 e. The minimum absolute atomic E-state index is 0.606. The van der Waals surface area contributed by atoms with E-state index in [1.165, 1.54) is 6.92 Å². The standard InChI is InChI=1S/C18H16F3NO/c1-13(22-17(23)18(19,20)21)16(15-10-6-3-7-11-15)12-14-8-4-2-5-9-14/h2-13H,1H3,(H,22,23)/b16-12-/t13-/m1/s1. The molecule has 2 rings (SSSR count). The molecule has 2 aromatic rings. The number of carbonyl (C=O) groups is 1. The Labute approximate surface area is 132 Å². The van der Waals surface area contributed by atoms with Gasteiger partial charge in [0, 0.05) is 0 Å². The first-order chi connectivity index (χ1) is 10.9. The minimum Gasteiger partial charge on any atom is -0.342 e. The normalized spacial score (nSPS) is 13.5. The highest BCUT2D eigenvalue weighted by Crippen LogP contribution is 2.23. The average Bonchev–Trinajstić information content (AvgIpc) is 2.53. The summed E-state index contributed by atoms with van der Waals surface area (Å²) in [5.74, 6) is -1.94. The van der Waals surface area contributed by atoms with E-state index in [9.17, 15) is 18.0 Å². The van der Waals surface area contributed by atoms with Gasteiger partial charge in [-0.3, -0.25) is 4.79 Å². The third kappa shape index (κ3) is 4.71. The molecule has 1 atom stereocenters. The van der Waals surface area contributed by atoms with E-state index in [0.717, 1.165) is 11.1 Å². The molecule has 1 amide bonds. The number of alkyl halides is 3. The van der Waals surface area contributed by atoms with Crippen LogP contribution < -0.4 is 5.32 Å². The lowest BCUT2D eigenvalue weighted by Crippen LogP contribution is -2.42. The Morgan fingerprint density at radius 2 is 1.52 bits per heavy atom. The highest BCUT2D eigenvalue weighted by atomic mass is 19.4. The van der Waals surface area contributed by atoms with Gasteiger partial charge in [-0.1, -0.05) is 60.7 Å². The minimum atomic E-state index is -4.90. The fourth-order valence-electron chi connectivity index (χ4n) is 2.17. The number of nitrogens with one attached hydrogen (secondary N) is 1. The number of carbonyl (C=O) groups excluding carboxylic acids is 1. The fraction of sp³-hybridized carbons (Fsp3) is 0.167. The average molecular weight is 319 g/mol. The predicted molar refractivity (Wildman–Crippen MR) is 84.4 cm³/mol. The molecule has 120 valence electrons. The summed E-state index contributed by atoms with van der Waals surface area (Å²) in [5, 5.41) is 2.01. The van der Waals surface area contributed by atoms with E-state index in [2.05, 4.69) is 0 Å². The second kappa shape index (κ2) is 7.13. The fourth-order valence-corrected chi connectivity index (χ4v) is 2.17. The number of hydrogen-bond donors (Lipinski definition) is 1. The van der Waals surface area contributed by atoms with Crippen LogP contribution in [0.4, 0.5) is 13.2 Å². The number of amides is 1. The molecule has 0 aliphatic heterocycles. The maximum atomic E-state index is 12.5. The maximum absolute atomic E-state index is 12.5. The molecular weight excluding hydrogens is 303 g/mol. The summed E-state index contributed by atoms with van der Waals surface area (Å²) >= 11 is 0. The van der Waals surface area contributed by atoms with Gasteiger partial charge in [0.05, 0.1) is 6.04 Å². The van der Waals surface area contributed by atoms with Crippen LogP contribution in [-0.4, -0.2) is 18.1 Å². The topological polar surface area (TPSA) is 29.1 Å². The lowest BCUT2D eigenvalue weighted by Gasteiger charge is -2.19. The van der Waals surface area contributed by atoms with Gasteiger partial charge in [0.25, 0.3) is 0 Å². The molecule has 0 saturated carbocycles. The van der Waals surface area contributed by atoms with Crippen LogP contribution in [0.15, 0.2) is 60.7 Å². The van der Waals surface area contributed by atoms with Gasteiger partial charge in [-0.15, -0.1) is 0 Å². The zero-order valence-electron chi connectivity index (χ0n) is 12.5. The van der Waals surface area contributed by atoms with Gasteiger partial charge in [-0.05, 0) is 29.7 Å². The molecule has 5 heteroatoms. The highest BCUT2D eigenvalue weighted by Gasteiger charge is 2.39. The van der Waals surface area contributed by atoms with Crippen LogP contribution in [0.1, 0.15) is 18.1 Å². The molecule has 0 radical (unpaired) electrons. The third-order valence-electron chi connectivity index (χ3n) is 3.30. The molecular formula is C18H16F3NO. The summed E-state index contributed by atoms with van der Waals surface area (Å²) in [6.07, 6.45) is -3.13. The summed E-state index contributed by atoms with van der Waals surface area (Å²) in [6, 6.07) is 17.5. The summed E-state index contributed by atoms with van der Waals surface area (Å²) in [5.41, 5.74) is 2.21. The molecule has 0 unspecified atom stereocenters. The molecule has 0 aliphatic carbocycles. The van der Waals surface area contributed by atoms with Crippen molar-refractivity contribution in [2.75, 3.05) is 0 Å². The van der Waals surface area contributed by atoms with E-state index in [4.69, 9.17) is 0 Å². The molecule has 23 heavy (non-hydrogen) atoms. The number of hydrogen-bond acceptors (Lipinski definition) is 1. The number of halogens is 3. The Balaban J connectivity index is 2.35. The molecule has 2 nitrogen and oxygen atoms in total. The second-order valence-electron chi connectivity index (χ2n) is 5.07. The van der Waals surface area contributed by atoms with Gasteiger partial charge in [0.2, 0.25) is 0 Å². The van der Waals surface area contributed by atoms with Crippen LogP contribution in [0, 0.1) is 0 Å². The van der Waals surface area contributed by atoms with E-state index in [1.54, 1.807) is 30.3 Å². The van der Waals surface area contributed by atoms with Crippen LogP contribution in [0.3, 0.4) is 0 Å². The first-order valence-corrected chi connectivity index (χ1v) is 7.07. The van der Waals surface area contributed by atoms with Crippen molar-refractivity contribution in [1.82, 2.24) is 5.32 Å². The largest absolute Gasteiger partial charge is 0.471 e. The Hall–Kier alpha value is -2.56. The van der Waals surface area contributed by atoms with Crippen molar-refractivity contribution in [2.45, 2.75) is 19.1 Å². The molecule has 0 heterocycles. The van der Waals surface area contributed by atoms with Crippen LogP contribution >= 0.6 is 0 Å². The Morgan fingerprint density at radius 1 is 1.00 bits per heavy atom. The lowest BCUT2D eigenvalue weighted by atomic mass is 9.97. The van der Waals surface area contributed by atoms with Crippen LogP contribution in [0.5, 0.6) is 0 Å². The summed E-state index contributed by atoms with van der Waals surface area (Å²) in [6.45, 7) is 1.53. The van der Waals surface area contributed by atoms with Crippen molar-refractivity contribution < 1.29 is 18.0 Å². The van der Waals surface area contributed by atoms with Gasteiger partial charge in [-0.25, -0.2) is 0 Å². The Kier molecular flexibility index (Phi) is 5.21. The van der Waals surface area contributed by atoms with Crippen LogP contribution in [-0.2, 0) is 4.79 Å². The van der Waals surface area contributed by atoms with Gasteiger partial charge < -0.3 is 5.32 Å². The number of benzene rings is 2. The predicted octanol–water partition coefficient (Wildman–Crippen LogP) is 4.29. The Morgan fingerprint density at radius 3 is 2.04 bits per heavy atom. The van der Waals surface area contributed by atoms with Crippen LogP contribution in [0.2, 0.25) is 0 Å². The first-order valence-electron chi connectivity index (χ1n) is 7.07. The van der Waals surface area contributed by atoms with Crippen molar-refractivity contribution in [2.24, 2.45) is 0 Å². The van der Waals surface area contributed by atoms with E-state index < -0.39 is 18.1 Å². The van der Waals surface area contributed by atoms with Crippen molar-refractivity contribution in [3.05, 3.63) is 71.8 Å². The molecule has 1 N–H and O–H groups in total. The second-order valence-corrected chi connectivity index (χ2v) is 5.07. The quantitative estimate of drug-likeness (QED) is 0.837. The molecule has 0 aromatic heterocycles. The van der Waals surface area contributed by atoms with Gasteiger partial charge in [-0.2, -0.15) is 13.2 Å². The van der Waals surface area contributed by atoms with Crippen molar-refractivity contribution in [3.63, 3.8) is 0 Å². The van der Waals surface area contributed by atoms with E-state index in [1.807, 2.05) is 41.7 Å². The molecule has 0 spiro atoms.